The highest BCUT2D eigenvalue weighted by Crippen LogP contribution is 2.25. The third-order valence-corrected chi connectivity index (χ3v) is 5.43. The number of rotatable bonds is 6. The maximum Gasteiger partial charge on any atom is 0.231 e. The first-order valence-corrected chi connectivity index (χ1v) is 9.58. The van der Waals surface area contributed by atoms with Gasteiger partial charge in [-0.15, -0.1) is 11.3 Å². The first-order chi connectivity index (χ1) is 13.2. The lowest BCUT2D eigenvalue weighted by atomic mass is 10.1. The Labute approximate surface area is 160 Å². The lowest BCUT2D eigenvalue weighted by molar-refractivity contribution is -0.128. The highest BCUT2D eigenvalue weighted by atomic mass is 32.1. The molecule has 1 fully saturated rings. The third kappa shape index (κ3) is 4.25. The Bertz CT molecular complexity index is 921. The number of carbonyl (C=O) groups excluding carboxylic acids is 2. The van der Waals surface area contributed by atoms with Crippen molar-refractivity contribution in [1.82, 2.24) is 9.88 Å². The Kier molecular flexibility index (Phi) is 5.02. The number of hydrogen-bond donors (Lipinski definition) is 1. The zero-order valence-electron chi connectivity index (χ0n) is 14.6. The van der Waals surface area contributed by atoms with Gasteiger partial charge in [-0.1, -0.05) is 30.3 Å². The second kappa shape index (κ2) is 7.75. The van der Waals surface area contributed by atoms with Gasteiger partial charge in [0, 0.05) is 30.5 Å². The van der Waals surface area contributed by atoms with Gasteiger partial charge in [-0.2, -0.15) is 0 Å². The number of furan rings is 1. The molecule has 138 valence electrons. The molecular formula is C20H19N3O3S. The Morgan fingerprint density at radius 3 is 2.89 bits per heavy atom. The minimum absolute atomic E-state index is 0.0320. The highest BCUT2D eigenvalue weighted by Gasteiger charge is 2.34. The van der Waals surface area contributed by atoms with E-state index in [0.717, 1.165) is 17.1 Å². The van der Waals surface area contributed by atoms with E-state index in [0.29, 0.717) is 18.2 Å². The average molecular weight is 381 g/mol. The van der Waals surface area contributed by atoms with Crippen LogP contribution in [-0.2, 0) is 22.6 Å². The number of likely N-dealkylation sites (tertiary alicyclic amines) is 1. The number of aromatic nitrogens is 1. The summed E-state index contributed by atoms with van der Waals surface area (Å²) in [7, 11) is 0. The zero-order valence-corrected chi connectivity index (χ0v) is 15.4. The molecule has 0 unspecified atom stereocenters. The molecule has 3 aromatic rings. The van der Waals surface area contributed by atoms with E-state index in [1.807, 2.05) is 24.3 Å². The molecule has 1 atom stereocenters. The third-order valence-electron chi connectivity index (χ3n) is 4.52. The van der Waals surface area contributed by atoms with Crippen LogP contribution in [0.2, 0.25) is 0 Å². The van der Waals surface area contributed by atoms with Gasteiger partial charge >= 0.3 is 0 Å². The minimum atomic E-state index is -0.367. The van der Waals surface area contributed by atoms with Crippen molar-refractivity contribution < 1.29 is 14.0 Å². The molecule has 4 rings (SSSR count). The van der Waals surface area contributed by atoms with Gasteiger partial charge in [0.05, 0.1) is 18.7 Å². The maximum atomic E-state index is 12.5. The van der Waals surface area contributed by atoms with Crippen LogP contribution in [-0.4, -0.2) is 28.2 Å². The fourth-order valence-electron chi connectivity index (χ4n) is 3.14. The van der Waals surface area contributed by atoms with E-state index in [1.54, 1.807) is 23.4 Å². The number of anilines is 1. The summed E-state index contributed by atoms with van der Waals surface area (Å²) in [5.74, 6) is 0.158. The van der Waals surface area contributed by atoms with Crippen molar-refractivity contribution in [2.24, 2.45) is 5.92 Å². The lowest BCUT2D eigenvalue weighted by Crippen LogP contribution is -2.27. The summed E-state index contributed by atoms with van der Waals surface area (Å²) in [5.41, 5.74) is 1.20. The van der Waals surface area contributed by atoms with Crippen LogP contribution in [0.4, 0.5) is 5.13 Å². The Morgan fingerprint density at radius 1 is 1.26 bits per heavy atom. The number of benzene rings is 1. The van der Waals surface area contributed by atoms with Crippen LogP contribution in [0, 0.1) is 5.92 Å². The monoisotopic (exact) mass is 381 g/mol. The predicted octanol–water partition coefficient (Wildman–Crippen LogP) is 3.31. The fourth-order valence-corrected chi connectivity index (χ4v) is 3.99. The summed E-state index contributed by atoms with van der Waals surface area (Å²) < 4.78 is 5.28. The van der Waals surface area contributed by atoms with Crippen molar-refractivity contribution in [2.75, 3.05) is 11.9 Å². The number of nitrogens with zero attached hydrogens (tertiary/aromatic N) is 2. The highest BCUT2D eigenvalue weighted by molar-refractivity contribution is 7.15. The number of nitrogens with one attached hydrogen (secondary N) is 1. The second-order valence-corrected chi connectivity index (χ2v) is 7.65. The topological polar surface area (TPSA) is 75.4 Å². The van der Waals surface area contributed by atoms with Crippen LogP contribution in [0.1, 0.15) is 22.6 Å². The molecule has 0 spiro atoms. The van der Waals surface area contributed by atoms with E-state index >= 15 is 0 Å². The lowest BCUT2D eigenvalue weighted by Gasteiger charge is -2.14. The molecule has 2 amide bonds. The van der Waals surface area contributed by atoms with Crippen molar-refractivity contribution in [3.8, 4) is 0 Å². The molecule has 0 radical (unpaired) electrons. The summed E-state index contributed by atoms with van der Waals surface area (Å²) in [6, 6.07) is 13.7. The molecule has 7 heteroatoms. The molecule has 3 heterocycles. The SMILES string of the molecule is O=C(Nc1ncc(Cc2ccccc2)s1)[C@H]1CC(=O)N(Cc2ccco2)C1. The fraction of sp³-hybridized carbons (Fsp3) is 0.250. The van der Waals surface area contributed by atoms with Crippen molar-refractivity contribution in [3.63, 3.8) is 0 Å². The first kappa shape index (κ1) is 17.5. The van der Waals surface area contributed by atoms with E-state index < -0.39 is 0 Å². The molecular weight excluding hydrogens is 362 g/mol. The number of amides is 2. The van der Waals surface area contributed by atoms with Crippen LogP contribution in [0.15, 0.2) is 59.3 Å². The quantitative estimate of drug-likeness (QED) is 0.711. The van der Waals surface area contributed by atoms with E-state index in [2.05, 4.69) is 22.4 Å². The molecule has 1 saturated heterocycles. The minimum Gasteiger partial charge on any atom is -0.467 e. The largest absolute Gasteiger partial charge is 0.467 e. The smallest absolute Gasteiger partial charge is 0.231 e. The number of carbonyl (C=O) groups is 2. The van der Waals surface area contributed by atoms with E-state index in [1.165, 1.54) is 16.9 Å². The van der Waals surface area contributed by atoms with Crippen LogP contribution in [0.5, 0.6) is 0 Å². The second-order valence-electron chi connectivity index (χ2n) is 6.54. The predicted molar refractivity (Wildman–Crippen MR) is 102 cm³/mol. The molecule has 0 saturated carbocycles. The molecule has 1 aromatic carbocycles. The van der Waals surface area contributed by atoms with Gasteiger partial charge in [0.25, 0.3) is 0 Å². The standard InChI is InChI=1S/C20H19N3O3S/c24-18-10-15(12-23(18)13-16-7-4-8-26-16)19(25)22-20-21-11-17(27-20)9-14-5-2-1-3-6-14/h1-8,11,15H,9-10,12-13H2,(H,21,22,25)/t15-/m0/s1. The van der Waals surface area contributed by atoms with Crippen molar-refractivity contribution in [2.45, 2.75) is 19.4 Å². The molecule has 6 nitrogen and oxygen atoms in total. The van der Waals surface area contributed by atoms with Crippen molar-refractivity contribution >= 4 is 28.3 Å². The van der Waals surface area contributed by atoms with Gasteiger partial charge in [0.1, 0.15) is 5.76 Å². The normalized spacial score (nSPS) is 16.7. The van der Waals surface area contributed by atoms with E-state index in [9.17, 15) is 9.59 Å². The number of hydrogen-bond acceptors (Lipinski definition) is 5. The molecule has 0 bridgehead atoms. The van der Waals surface area contributed by atoms with Crippen LogP contribution in [0.25, 0.3) is 0 Å². The van der Waals surface area contributed by atoms with Gasteiger partial charge in [0.2, 0.25) is 11.8 Å². The van der Waals surface area contributed by atoms with Gasteiger partial charge in [-0.05, 0) is 17.7 Å². The van der Waals surface area contributed by atoms with Gasteiger partial charge in [0.15, 0.2) is 5.13 Å². The van der Waals surface area contributed by atoms with Gasteiger partial charge in [-0.25, -0.2) is 4.98 Å². The average Bonchev–Trinajstić information content (AvgIpc) is 3.40. The molecule has 1 N–H and O–H groups in total. The summed E-state index contributed by atoms with van der Waals surface area (Å²) in [5, 5.41) is 3.43. The molecule has 0 aliphatic carbocycles. The maximum absolute atomic E-state index is 12.5. The van der Waals surface area contributed by atoms with Gasteiger partial charge in [-0.3, -0.25) is 9.59 Å². The molecule has 1 aliphatic heterocycles. The van der Waals surface area contributed by atoms with Crippen LogP contribution in [0.3, 0.4) is 0 Å². The van der Waals surface area contributed by atoms with Gasteiger partial charge < -0.3 is 14.6 Å². The van der Waals surface area contributed by atoms with Crippen molar-refractivity contribution in [3.05, 3.63) is 71.1 Å². The van der Waals surface area contributed by atoms with E-state index in [4.69, 9.17) is 4.42 Å². The van der Waals surface area contributed by atoms with Crippen molar-refractivity contribution in [1.29, 1.82) is 0 Å². The summed E-state index contributed by atoms with van der Waals surface area (Å²) in [4.78, 5) is 31.7. The zero-order chi connectivity index (χ0) is 18.6. The molecule has 2 aromatic heterocycles. The Morgan fingerprint density at radius 2 is 2.11 bits per heavy atom. The van der Waals surface area contributed by atoms with Crippen LogP contribution >= 0.6 is 11.3 Å². The molecule has 27 heavy (non-hydrogen) atoms. The van der Waals surface area contributed by atoms with E-state index in [-0.39, 0.29) is 24.2 Å². The molecule has 1 aliphatic rings. The Hall–Kier alpha value is -2.93. The summed E-state index contributed by atoms with van der Waals surface area (Å²) >= 11 is 1.46. The first-order valence-electron chi connectivity index (χ1n) is 8.77. The summed E-state index contributed by atoms with van der Waals surface area (Å²) in [6.45, 7) is 0.793. The van der Waals surface area contributed by atoms with Crippen LogP contribution < -0.4 is 5.32 Å². The Balaban J connectivity index is 1.33. The summed E-state index contributed by atoms with van der Waals surface area (Å²) in [6.07, 6.45) is 4.37. The number of thiazole rings is 1.